The second-order valence-corrected chi connectivity index (χ2v) is 5.97. The van der Waals surface area contributed by atoms with E-state index in [-0.39, 0.29) is 5.43 Å². The topological polar surface area (TPSA) is 46.5 Å². The summed E-state index contributed by atoms with van der Waals surface area (Å²) in [7, 11) is 5.70. The van der Waals surface area contributed by atoms with Gasteiger partial charge in [-0.15, -0.1) is 0 Å². The molecule has 0 amide bonds. The molecule has 4 nitrogen and oxygen atoms in total. The van der Waals surface area contributed by atoms with Crippen molar-refractivity contribution in [1.29, 1.82) is 0 Å². The molecule has 23 heavy (non-hydrogen) atoms. The lowest BCUT2D eigenvalue weighted by Crippen LogP contribution is -3.04. The largest absolute Gasteiger partial charge is 0.497 e. The molecular weight excluding hydrogens is 288 g/mol. The Bertz CT molecular complexity index is 883. The molecule has 2 aromatic carbocycles. The summed E-state index contributed by atoms with van der Waals surface area (Å²) in [5, 5.41) is 0.667. The third-order valence-electron chi connectivity index (χ3n) is 3.90. The van der Waals surface area contributed by atoms with Crippen molar-refractivity contribution in [2.75, 3.05) is 21.2 Å². The zero-order valence-corrected chi connectivity index (χ0v) is 13.6. The molecule has 0 aliphatic carbocycles. The van der Waals surface area contributed by atoms with Crippen LogP contribution in [0, 0.1) is 0 Å². The molecule has 0 unspecified atom stereocenters. The van der Waals surface area contributed by atoms with E-state index in [9.17, 15) is 4.79 Å². The van der Waals surface area contributed by atoms with Gasteiger partial charge in [-0.3, -0.25) is 4.79 Å². The maximum atomic E-state index is 13.0. The first-order valence-electron chi connectivity index (χ1n) is 7.67. The molecular formula is C19H21N2O2+. The van der Waals surface area contributed by atoms with E-state index < -0.39 is 0 Å². The number of rotatable bonds is 4. The van der Waals surface area contributed by atoms with Crippen LogP contribution in [0.4, 0.5) is 0 Å². The number of aromatic amines is 1. The second kappa shape index (κ2) is 6.26. The summed E-state index contributed by atoms with van der Waals surface area (Å²) in [6.07, 6.45) is 0. The smallest absolute Gasteiger partial charge is 0.199 e. The Labute approximate surface area is 135 Å². The Morgan fingerprint density at radius 1 is 1.09 bits per heavy atom. The summed E-state index contributed by atoms with van der Waals surface area (Å²) in [5.41, 5.74) is 3.62. The van der Waals surface area contributed by atoms with Crippen LogP contribution >= 0.6 is 0 Å². The minimum absolute atomic E-state index is 0.0673. The zero-order valence-electron chi connectivity index (χ0n) is 13.6. The minimum Gasteiger partial charge on any atom is -0.497 e. The number of benzene rings is 2. The van der Waals surface area contributed by atoms with Gasteiger partial charge in [-0.1, -0.05) is 30.3 Å². The van der Waals surface area contributed by atoms with Crippen molar-refractivity contribution in [3.63, 3.8) is 0 Å². The van der Waals surface area contributed by atoms with Crippen molar-refractivity contribution >= 4 is 10.9 Å². The monoisotopic (exact) mass is 309 g/mol. The summed E-state index contributed by atoms with van der Waals surface area (Å²) in [5.74, 6) is 0.693. The maximum absolute atomic E-state index is 13.0. The van der Waals surface area contributed by atoms with Gasteiger partial charge in [-0.05, 0) is 23.8 Å². The van der Waals surface area contributed by atoms with Gasteiger partial charge in [0.1, 0.15) is 12.3 Å². The van der Waals surface area contributed by atoms with Gasteiger partial charge in [-0.25, -0.2) is 0 Å². The highest BCUT2D eigenvalue weighted by atomic mass is 16.5. The van der Waals surface area contributed by atoms with E-state index in [1.54, 1.807) is 13.2 Å². The standard InChI is InChI=1S/C19H20N2O2/c1-21(2)12-16-18(13-7-5-4-6-8-13)20-17-10-9-14(23-3)11-15(17)19(16)22/h4-11H,12H2,1-3H3,(H,20,22)/p+1. The summed E-state index contributed by atoms with van der Waals surface area (Å²) < 4.78 is 5.26. The van der Waals surface area contributed by atoms with Gasteiger partial charge in [0, 0.05) is 5.39 Å². The summed E-state index contributed by atoms with van der Waals surface area (Å²) in [6, 6.07) is 15.6. The molecule has 0 fully saturated rings. The molecule has 1 aromatic heterocycles. The van der Waals surface area contributed by atoms with E-state index in [2.05, 4.69) is 4.98 Å². The lowest BCUT2D eigenvalue weighted by atomic mass is 10.0. The predicted molar refractivity (Wildman–Crippen MR) is 93.1 cm³/mol. The molecule has 0 spiro atoms. The SMILES string of the molecule is COc1ccc2[nH]c(-c3ccccc3)c(C[NH+](C)C)c(=O)c2c1. The van der Waals surface area contributed by atoms with Gasteiger partial charge >= 0.3 is 0 Å². The minimum atomic E-state index is 0.0673. The van der Waals surface area contributed by atoms with E-state index in [1.807, 2.05) is 56.6 Å². The van der Waals surface area contributed by atoms with Gasteiger partial charge in [0.05, 0.1) is 38.0 Å². The molecule has 0 saturated carbocycles. The molecule has 3 aromatic rings. The average molecular weight is 309 g/mol. The highest BCUT2D eigenvalue weighted by Gasteiger charge is 2.16. The first-order valence-corrected chi connectivity index (χ1v) is 7.67. The third-order valence-corrected chi connectivity index (χ3v) is 3.90. The number of quaternary nitrogens is 1. The molecule has 0 aliphatic rings. The number of pyridine rings is 1. The highest BCUT2D eigenvalue weighted by Crippen LogP contribution is 2.24. The maximum Gasteiger partial charge on any atom is 0.199 e. The number of ether oxygens (including phenoxy) is 1. The van der Waals surface area contributed by atoms with Crippen molar-refractivity contribution in [1.82, 2.24) is 4.98 Å². The van der Waals surface area contributed by atoms with E-state index >= 15 is 0 Å². The Morgan fingerprint density at radius 2 is 1.83 bits per heavy atom. The van der Waals surface area contributed by atoms with Crippen LogP contribution in [-0.4, -0.2) is 26.2 Å². The molecule has 4 heteroatoms. The number of H-pyrrole nitrogens is 1. The van der Waals surface area contributed by atoms with Crippen LogP contribution in [0.25, 0.3) is 22.2 Å². The van der Waals surface area contributed by atoms with Crippen molar-refractivity contribution < 1.29 is 9.64 Å². The quantitative estimate of drug-likeness (QED) is 0.772. The van der Waals surface area contributed by atoms with Gasteiger partial charge in [0.25, 0.3) is 0 Å². The van der Waals surface area contributed by atoms with Crippen LogP contribution in [-0.2, 0) is 6.54 Å². The first-order chi connectivity index (χ1) is 11.1. The highest BCUT2D eigenvalue weighted by molar-refractivity contribution is 5.84. The number of methoxy groups -OCH3 is 1. The van der Waals surface area contributed by atoms with Crippen molar-refractivity contribution in [3.8, 4) is 17.0 Å². The molecule has 0 radical (unpaired) electrons. The molecule has 1 heterocycles. The summed E-state index contributed by atoms with van der Waals surface area (Å²) >= 11 is 0. The second-order valence-electron chi connectivity index (χ2n) is 5.97. The summed E-state index contributed by atoms with van der Waals surface area (Å²) in [4.78, 5) is 17.7. The van der Waals surface area contributed by atoms with Crippen LogP contribution in [0.5, 0.6) is 5.75 Å². The van der Waals surface area contributed by atoms with Gasteiger partial charge in [0.2, 0.25) is 0 Å². The summed E-state index contributed by atoms with van der Waals surface area (Å²) in [6.45, 7) is 0.659. The number of hydrogen-bond acceptors (Lipinski definition) is 2. The molecule has 0 bridgehead atoms. The molecule has 0 aliphatic heterocycles. The van der Waals surface area contributed by atoms with Crippen LogP contribution < -0.4 is 15.1 Å². The van der Waals surface area contributed by atoms with Crippen LogP contribution in [0.2, 0.25) is 0 Å². The Morgan fingerprint density at radius 3 is 2.48 bits per heavy atom. The molecule has 3 rings (SSSR count). The fourth-order valence-electron chi connectivity index (χ4n) is 2.81. The van der Waals surface area contributed by atoms with E-state index in [1.165, 1.54) is 4.90 Å². The lowest BCUT2D eigenvalue weighted by molar-refractivity contribution is -0.872. The number of nitrogens with one attached hydrogen (secondary N) is 2. The van der Waals surface area contributed by atoms with Crippen LogP contribution in [0.1, 0.15) is 5.56 Å². The average Bonchev–Trinajstić information content (AvgIpc) is 2.57. The van der Waals surface area contributed by atoms with Crippen molar-refractivity contribution in [3.05, 3.63) is 64.3 Å². The predicted octanol–water partition coefficient (Wildman–Crippen LogP) is 1.85. The van der Waals surface area contributed by atoms with Gasteiger partial charge in [-0.2, -0.15) is 0 Å². The number of hydrogen-bond donors (Lipinski definition) is 2. The molecule has 0 saturated heterocycles. The van der Waals surface area contributed by atoms with Gasteiger partial charge < -0.3 is 14.6 Å². The zero-order chi connectivity index (χ0) is 16.4. The van der Waals surface area contributed by atoms with E-state index in [0.717, 1.165) is 22.3 Å². The Hall–Kier alpha value is -2.59. The molecule has 118 valence electrons. The van der Waals surface area contributed by atoms with Crippen LogP contribution in [0.15, 0.2) is 53.3 Å². The van der Waals surface area contributed by atoms with Gasteiger partial charge in [0.15, 0.2) is 5.43 Å². The fraction of sp³-hybridized carbons (Fsp3) is 0.211. The van der Waals surface area contributed by atoms with Crippen molar-refractivity contribution in [2.24, 2.45) is 0 Å². The van der Waals surface area contributed by atoms with E-state index in [0.29, 0.717) is 17.7 Å². The lowest BCUT2D eigenvalue weighted by Gasteiger charge is -2.14. The normalized spacial score (nSPS) is 11.1. The number of aromatic nitrogens is 1. The molecule has 2 N–H and O–H groups in total. The Kier molecular flexibility index (Phi) is 4.17. The van der Waals surface area contributed by atoms with E-state index in [4.69, 9.17) is 4.74 Å². The number of fused-ring (bicyclic) bond motifs is 1. The van der Waals surface area contributed by atoms with Crippen LogP contribution in [0.3, 0.4) is 0 Å². The fourth-order valence-corrected chi connectivity index (χ4v) is 2.81. The first kappa shape index (κ1) is 15.3. The molecule has 0 atom stereocenters. The van der Waals surface area contributed by atoms with Crippen molar-refractivity contribution in [2.45, 2.75) is 6.54 Å². The third kappa shape index (κ3) is 2.98. The Balaban J connectivity index is 2.32.